The molecule has 1 atom stereocenters. The Morgan fingerprint density at radius 1 is 1.25 bits per heavy atom. The van der Waals surface area contributed by atoms with Crippen LogP contribution in [0.25, 0.3) is 0 Å². The monoisotopic (exact) mass is 345 g/mol. The number of hydrogen-bond acceptors (Lipinski definition) is 3. The molecule has 1 N–H and O–H groups in total. The Bertz CT molecular complexity index is 699. The van der Waals surface area contributed by atoms with E-state index in [9.17, 15) is 4.79 Å². The van der Waals surface area contributed by atoms with E-state index < -0.39 is 0 Å². The maximum Gasteiger partial charge on any atom is 0.255 e. The van der Waals surface area contributed by atoms with Gasteiger partial charge in [-0.15, -0.1) is 0 Å². The summed E-state index contributed by atoms with van der Waals surface area (Å²) >= 11 is 5.96. The zero-order valence-electron chi connectivity index (χ0n) is 13.3. The maximum atomic E-state index is 12.5. The van der Waals surface area contributed by atoms with Gasteiger partial charge >= 0.3 is 0 Å². The smallest absolute Gasteiger partial charge is 0.255 e. The molecule has 3 rings (SSSR count). The Hall–Kier alpha value is -2.04. The normalized spacial score (nSPS) is 16.8. The number of amides is 1. The number of para-hydroxylation sites is 1. The summed E-state index contributed by atoms with van der Waals surface area (Å²) in [6, 6.07) is 14.7. The topological polar surface area (TPSA) is 47.6 Å². The van der Waals surface area contributed by atoms with Gasteiger partial charge < -0.3 is 14.8 Å². The van der Waals surface area contributed by atoms with Crippen LogP contribution in [-0.4, -0.2) is 25.2 Å². The molecule has 5 heteroatoms. The predicted octanol–water partition coefficient (Wildman–Crippen LogP) is 3.83. The molecule has 2 aromatic rings. The molecule has 4 nitrogen and oxygen atoms in total. The lowest BCUT2D eigenvalue weighted by molar-refractivity contribution is 0.0670. The zero-order valence-corrected chi connectivity index (χ0v) is 14.1. The third kappa shape index (κ3) is 4.49. The number of hydrogen-bond donors (Lipinski definition) is 1. The Kier molecular flexibility index (Phi) is 5.72. The van der Waals surface area contributed by atoms with E-state index in [1.54, 1.807) is 12.1 Å². The van der Waals surface area contributed by atoms with Gasteiger partial charge in [-0.25, -0.2) is 0 Å². The van der Waals surface area contributed by atoms with Crippen LogP contribution < -0.4 is 10.1 Å². The fourth-order valence-corrected chi connectivity index (χ4v) is 2.88. The van der Waals surface area contributed by atoms with Gasteiger partial charge in [-0.2, -0.15) is 0 Å². The highest BCUT2D eigenvalue weighted by molar-refractivity contribution is 6.30. The van der Waals surface area contributed by atoms with Crippen LogP contribution in [0.15, 0.2) is 48.5 Å². The number of halogens is 1. The Morgan fingerprint density at radius 2 is 2.12 bits per heavy atom. The van der Waals surface area contributed by atoms with Crippen molar-refractivity contribution in [1.82, 2.24) is 5.32 Å². The van der Waals surface area contributed by atoms with Crippen molar-refractivity contribution < 1.29 is 14.3 Å². The van der Waals surface area contributed by atoms with Crippen molar-refractivity contribution in [2.75, 3.05) is 13.2 Å². The van der Waals surface area contributed by atoms with Crippen LogP contribution in [0.2, 0.25) is 5.02 Å². The molecule has 2 aromatic carbocycles. The van der Waals surface area contributed by atoms with Crippen molar-refractivity contribution in [3.63, 3.8) is 0 Å². The Balaban J connectivity index is 1.61. The SMILES string of the molecule is O=C(NCc1cccc(Cl)c1)c1ccccc1OC[C@H]1CCCO1. The Labute approximate surface area is 146 Å². The van der Waals surface area contributed by atoms with Crippen molar-refractivity contribution in [2.45, 2.75) is 25.5 Å². The highest BCUT2D eigenvalue weighted by Gasteiger charge is 2.18. The molecule has 0 unspecified atom stereocenters. The summed E-state index contributed by atoms with van der Waals surface area (Å²) in [5.41, 5.74) is 1.48. The highest BCUT2D eigenvalue weighted by atomic mass is 35.5. The first-order chi connectivity index (χ1) is 11.7. The van der Waals surface area contributed by atoms with Crippen LogP contribution in [-0.2, 0) is 11.3 Å². The number of nitrogens with one attached hydrogen (secondary N) is 1. The third-order valence-electron chi connectivity index (χ3n) is 3.92. The second-order valence-corrected chi connectivity index (χ2v) is 6.19. The van der Waals surface area contributed by atoms with Crippen LogP contribution in [0.3, 0.4) is 0 Å². The van der Waals surface area contributed by atoms with Gasteiger partial charge in [0.1, 0.15) is 12.4 Å². The molecule has 1 amide bonds. The lowest BCUT2D eigenvalue weighted by atomic mass is 10.1. The van der Waals surface area contributed by atoms with E-state index in [1.165, 1.54) is 0 Å². The summed E-state index contributed by atoms with van der Waals surface area (Å²) < 4.78 is 11.4. The number of carbonyl (C=O) groups is 1. The molecule has 0 saturated carbocycles. The molecule has 0 aromatic heterocycles. The summed E-state index contributed by atoms with van der Waals surface area (Å²) in [6.07, 6.45) is 2.19. The predicted molar refractivity (Wildman–Crippen MR) is 93.5 cm³/mol. The summed E-state index contributed by atoms with van der Waals surface area (Å²) in [5.74, 6) is 0.412. The van der Waals surface area contributed by atoms with E-state index in [2.05, 4.69) is 5.32 Å². The van der Waals surface area contributed by atoms with Crippen molar-refractivity contribution in [3.8, 4) is 5.75 Å². The summed E-state index contributed by atoms with van der Waals surface area (Å²) in [5, 5.41) is 3.56. The molecular weight excluding hydrogens is 326 g/mol. The summed E-state index contributed by atoms with van der Waals surface area (Å²) in [6.45, 7) is 1.67. The lowest BCUT2D eigenvalue weighted by Crippen LogP contribution is -2.24. The molecular formula is C19H20ClNO3. The number of benzene rings is 2. The van der Waals surface area contributed by atoms with Crippen LogP contribution in [0, 0.1) is 0 Å². The quantitative estimate of drug-likeness (QED) is 0.865. The van der Waals surface area contributed by atoms with Gasteiger partial charge in [0.05, 0.1) is 11.7 Å². The van der Waals surface area contributed by atoms with Gasteiger partial charge in [-0.05, 0) is 42.7 Å². The van der Waals surface area contributed by atoms with Crippen molar-refractivity contribution in [3.05, 3.63) is 64.7 Å². The van der Waals surface area contributed by atoms with Crippen molar-refractivity contribution in [1.29, 1.82) is 0 Å². The molecule has 24 heavy (non-hydrogen) atoms. The minimum atomic E-state index is -0.169. The number of rotatable bonds is 6. The first kappa shape index (κ1) is 16.8. The van der Waals surface area contributed by atoms with Crippen molar-refractivity contribution >= 4 is 17.5 Å². The minimum absolute atomic E-state index is 0.118. The third-order valence-corrected chi connectivity index (χ3v) is 4.16. The molecule has 0 radical (unpaired) electrons. The second-order valence-electron chi connectivity index (χ2n) is 5.75. The standard InChI is InChI=1S/C19H20ClNO3/c20-15-6-3-5-14(11-15)12-21-19(22)17-8-1-2-9-18(17)24-13-16-7-4-10-23-16/h1-3,5-6,8-9,11,16H,4,7,10,12-13H2,(H,21,22)/t16-/m1/s1. The van der Waals surface area contributed by atoms with Gasteiger partial charge in [0.15, 0.2) is 0 Å². The van der Waals surface area contributed by atoms with Gasteiger partial charge in [0.2, 0.25) is 0 Å². The maximum absolute atomic E-state index is 12.5. The lowest BCUT2D eigenvalue weighted by Gasteiger charge is -2.14. The molecule has 1 aliphatic heterocycles. The van der Waals surface area contributed by atoms with E-state index in [-0.39, 0.29) is 12.0 Å². The molecule has 1 aliphatic rings. The van der Waals surface area contributed by atoms with Gasteiger partial charge in [-0.3, -0.25) is 4.79 Å². The van der Waals surface area contributed by atoms with Crippen LogP contribution in [0.1, 0.15) is 28.8 Å². The molecule has 1 heterocycles. The number of carbonyl (C=O) groups excluding carboxylic acids is 1. The van der Waals surface area contributed by atoms with E-state index in [4.69, 9.17) is 21.1 Å². The average molecular weight is 346 g/mol. The minimum Gasteiger partial charge on any atom is -0.490 e. The highest BCUT2D eigenvalue weighted by Crippen LogP contribution is 2.20. The van der Waals surface area contributed by atoms with Gasteiger partial charge in [-0.1, -0.05) is 35.9 Å². The molecule has 0 spiro atoms. The van der Waals surface area contributed by atoms with E-state index in [0.717, 1.165) is 25.0 Å². The zero-order chi connectivity index (χ0) is 16.8. The van der Waals surface area contributed by atoms with Crippen LogP contribution >= 0.6 is 11.6 Å². The molecule has 1 fully saturated rings. The first-order valence-corrected chi connectivity index (χ1v) is 8.46. The fourth-order valence-electron chi connectivity index (χ4n) is 2.66. The summed E-state index contributed by atoms with van der Waals surface area (Å²) in [7, 11) is 0. The van der Waals surface area contributed by atoms with Crippen LogP contribution in [0.5, 0.6) is 5.75 Å². The van der Waals surface area contributed by atoms with Gasteiger partial charge in [0.25, 0.3) is 5.91 Å². The fraction of sp³-hybridized carbons (Fsp3) is 0.316. The van der Waals surface area contributed by atoms with E-state index >= 15 is 0 Å². The summed E-state index contributed by atoms with van der Waals surface area (Å²) in [4.78, 5) is 12.5. The van der Waals surface area contributed by atoms with Crippen molar-refractivity contribution in [2.24, 2.45) is 0 Å². The average Bonchev–Trinajstić information content (AvgIpc) is 3.12. The Morgan fingerprint density at radius 3 is 2.92 bits per heavy atom. The first-order valence-electron chi connectivity index (χ1n) is 8.08. The molecule has 126 valence electrons. The second kappa shape index (κ2) is 8.18. The molecule has 1 saturated heterocycles. The van der Waals surface area contributed by atoms with E-state index in [0.29, 0.717) is 29.5 Å². The molecule has 0 bridgehead atoms. The number of ether oxygens (including phenoxy) is 2. The van der Waals surface area contributed by atoms with Crippen LogP contribution in [0.4, 0.5) is 0 Å². The molecule has 0 aliphatic carbocycles. The largest absolute Gasteiger partial charge is 0.490 e. The van der Waals surface area contributed by atoms with E-state index in [1.807, 2.05) is 36.4 Å². The van der Waals surface area contributed by atoms with Gasteiger partial charge in [0, 0.05) is 18.2 Å².